The smallest absolute Gasteiger partial charge is 0.338 e. The third-order valence-electron chi connectivity index (χ3n) is 5.19. The number of benzene rings is 1. The molecule has 9 heteroatoms. The molecule has 0 bridgehead atoms. The van der Waals surface area contributed by atoms with Crippen molar-refractivity contribution in [2.45, 2.75) is 25.1 Å². The number of rotatable bonds is 4. The first-order chi connectivity index (χ1) is 13.3. The van der Waals surface area contributed by atoms with Gasteiger partial charge in [-0.3, -0.25) is 19.3 Å². The van der Waals surface area contributed by atoms with Gasteiger partial charge in [-0.05, 0) is 12.8 Å². The molecule has 0 saturated carbocycles. The second-order valence-electron chi connectivity index (χ2n) is 7.04. The van der Waals surface area contributed by atoms with Crippen LogP contribution in [0.5, 0.6) is 0 Å². The Kier molecular flexibility index (Phi) is 6.02. The van der Waals surface area contributed by atoms with Crippen molar-refractivity contribution in [3.05, 3.63) is 35.9 Å². The van der Waals surface area contributed by atoms with Crippen LogP contribution in [0.4, 0.5) is 13.2 Å². The number of carbonyl (C=O) groups excluding carboxylic acids is 3. The maximum atomic E-state index is 12.7. The van der Waals surface area contributed by atoms with Gasteiger partial charge in [0.05, 0.1) is 6.54 Å². The molecule has 152 valence electrons. The van der Waals surface area contributed by atoms with Crippen molar-refractivity contribution < 1.29 is 27.6 Å². The molecule has 3 rings (SSSR count). The van der Waals surface area contributed by atoms with Crippen molar-refractivity contribution in [3.63, 3.8) is 0 Å². The van der Waals surface area contributed by atoms with Crippen molar-refractivity contribution in [2.75, 3.05) is 39.3 Å². The molecule has 1 unspecified atom stereocenters. The molecule has 2 heterocycles. The normalized spacial score (nSPS) is 21.0. The molecular weight excluding hydrogens is 375 g/mol. The van der Waals surface area contributed by atoms with E-state index in [9.17, 15) is 27.6 Å². The van der Waals surface area contributed by atoms with Crippen molar-refractivity contribution in [1.82, 2.24) is 14.7 Å². The fourth-order valence-corrected chi connectivity index (χ4v) is 3.68. The van der Waals surface area contributed by atoms with Crippen molar-refractivity contribution in [1.29, 1.82) is 0 Å². The Balaban J connectivity index is 1.53. The maximum absolute atomic E-state index is 12.7. The summed E-state index contributed by atoms with van der Waals surface area (Å²) in [6, 6.07) is 7.85. The van der Waals surface area contributed by atoms with E-state index in [0.717, 1.165) is 0 Å². The van der Waals surface area contributed by atoms with E-state index in [0.29, 0.717) is 43.1 Å². The summed E-state index contributed by atoms with van der Waals surface area (Å²) in [4.78, 5) is 40.6. The third kappa shape index (κ3) is 4.52. The highest BCUT2D eigenvalue weighted by Crippen LogP contribution is 2.27. The number of ketones is 1. The molecule has 28 heavy (non-hydrogen) atoms. The van der Waals surface area contributed by atoms with Gasteiger partial charge in [-0.15, -0.1) is 0 Å². The summed E-state index contributed by atoms with van der Waals surface area (Å²) >= 11 is 0. The number of carbonyl (C=O) groups is 3. The lowest BCUT2D eigenvalue weighted by Gasteiger charge is -2.37. The average Bonchev–Trinajstić information content (AvgIpc) is 3.17. The minimum absolute atomic E-state index is 0.0156. The lowest BCUT2D eigenvalue weighted by Crippen LogP contribution is -2.56. The lowest BCUT2D eigenvalue weighted by molar-refractivity contribution is -0.187. The largest absolute Gasteiger partial charge is 0.471 e. The summed E-state index contributed by atoms with van der Waals surface area (Å²) in [6.07, 6.45) is -4.35. The van der Waals surface area contributed by atoms with E-state index in [2.05, 4.69) is 0 Å². The summed E-state index contributed by atoms with van der Waals surface area (Å²) in [5.41, 5.74) is 0.619. The van der Waals surface area contributed by atoms with Gasteiger partial charge in [0.2, 0.25) is 5.91 Å². The average molecular weight is 397 g/mol. The number of likely N-dealkylation sites (tertiary alicyclic amines) is 1. The zero-order valence-corrected chi connectivity index (χ0v) is 15.3. The minimum atomic E-state index is -4.97. The van der Waals surface area contributed by atoms with Crippen molar-refractivity contribution in [3.8, 4) is 0 Å². The van der Waals surface area contributed by atoms with E-state index >= 15 is 0 Å². The molecule has 0 aromatic heterocycles. The van der Waals surface area contributed by atoms with Crippen LogP contribution in [0.3, 0.4) is 0 Å². The number of alkyl halides is 3. The Morgan fingerprint density at radius 1 is 0.964 bits per heavy atom. The molecule has 0 spiro atoms. The first kappa shape index (κ1) is 20.3. The SMILES string of the molecule is O=C(CN1CCN(C(=O)C2CCCN2C(=O)C(F)(F)F)CC1)c1ccccc1. The number of Topliss-reactive ketones (excluding diaryl/α,β-unsaturated/α-hetero) is 1. The van der Waals surface area contributed by atoms with E-state index in [1.807, 2.05) is 11.0 Å². The lowest BCUT2D eigenvalue weighted by atomic mass is 10.1. The van der Waals surface area contributed by atoms with Gasteiger partial charge in [-0.25, -0.2) is 0 Å². The Bertz CT molecular complexity index is 731. The molecule has 1 aromatic rings. The second kappa shape index (κ2) is 8.30. The van der Waals surface area contributed by atoms with E-state index in [-0.39, 0.29) is 25.3 Å². The highest BCUT2D eigenvalue weighted by molar-refractivity contribution is 5.97. The highest BCUT2D eigenvalue weighted by Gasteiger charge is 2.48. The Hall–Kier alpha value is -2.42. The number of amides is 2. The fourth-order valence-electron chi connectivity index (χ4n) is 3.68. The van der Waals surface area contributed by atoms with Crippen LogP contribution in [0.2, 0.25) is 0 Å². The molecule has 2 aliphatic heterocycles. The number of hydrogen-bond donors (Lipinski definition) is 0. The molecule has 1 atom stereocenters. The van der Waals surface area contributed by atoms with Crippen LogP contribution in [0.15, 0.2) is 30.3 Å². The quantitative estimate of drug-likeness (QED) is 0.724. The molecule has 2 amide bonds. The van der Waals surface area contributed by atoms with Crippen molar-refractivity contribution >= 4 is 17.6 Å². The van der Waals surface area contributed by atoms with E-state index in [1.54, 1.807) is 24.3 Å². The van der Waals surface area contributed by atoms with Gasteiger partial charge in [0.1, 0.15) is 6.04 Å². The number of halogens is 3. The van der Waals surface area contributed by atoms with Gasteiger partial charge >= 0.3 is 12.1 Å². The Morgan fingerprint density at radius 2 is 1.61 bits per heavy atom. The molecule has 0 radical (unpaired) electrons. The molecule has 6 nitrogen and oxygen atoms in total. The Morgan fingerprint density at radius 3 is 2.21 bits per heavy atom. The van der Waals surface area contributed by atoms with E-state index in [4.69, 9.17) is 0 Å². The molecule has 2 saturated heterocycles. The number of hydrogen-bond acceptors (Lipinski definition) is 4. The predicted molar refractivity (Wildman–Crippen MR) is 94.6 cm³/mol. The maximum Gasteiger partial charge on any atom is 0.471 e. The Labute approximate surface area is 160 Å². The molecule has 2 fully saturated rings. The van der Waals surface area contributed by atoms with Gasteiger partial charge in [0, 0.05) is 38.3 Å². The summed E-state index contributed by atoms with van der Waals surface area (Å²) < 4.78 is 38.2. The van der Waals surface area contributed by atoms with Gasteiger partial charge in [-0.2, -0.15) is 13.2 Å². The van der Waals surface area contributed by atoms with Gasteiger partial charge in [0.15, 0.2) is 5.78 Å². The number of nitrogens with zero attached hydrogens (tertiary/aromatic N) is 3. The summed E-state index contributed by atoms with van der Waals surface area (Å²) in [5.74, 6) is -2.40. The fraction of sp³-hybridized carbons (Fsp3) is 0.526. The number of piperazine rings is 1. The van der Waals surface area contributed by atoms with Crippen molar-refractivity contribution in [2.24, 2.45) is 0 Å². The molecule has 0 aliphatic carbocycles. The monoisotopic (exact) mass is 397 g/mol. The third-order valence-corrected chi connectivity index (χ3v) is 5.19. The van der Waals surface area contributed by atoms with Crippen LogP contribution in [-0.4, -0.2) is 83.8 Å². The van der Waals surface area contributed by atoms with Crippen LogP contribution < -0.4 is 0 Å². The summed E-state index contributed by atoms with van der Waals surface area (Å²) in [6.45, 7) is 1.75. The first-order valence-electron chi connectivity index (χ1n) is 9.24. The van der Waals surface area contributed by atoms with Crippen LogP contribution in [-0.2, 0) is 9.59 Å². The topological polar surface area (TPSA) is 60.9 Å². The van der Waals surface area contributed by atoms with Crippen LogP contribution in [0, 0.1) is 0 Å². The van der Waals surface area contributed by atoms with Crippen LogP contribution in [0.1, 0.15) is 23.2 Å². The highest BCUT2D eigenvalue weighted by atomic mass is 19.4. The van der Waals surface area contributed by atoms with E-state index < -0.39 is 24.0 Å². The second-order valence-corrected chi connectivity index (χ2v) is 7.04. The standard InChI is InChI=1S/C19H22F3N3O3/c20-19(21,22)18(28)25-8-4-7-15(25)17(27)24-11-9-23(10-12-24)13-16(26)14-5-2-1-3-6-14/h1-3,5-6,15H,4,7-13H2. The molecule has 0 N–H and O–H groups in total. The van der Waals surface area contributed by atoms with E-state index in [1.165, 1.54) is 4.90 Å². The predicted octanol–water partition coefficient (Wildman–Crippen LogP) is 1.57. The summed E-state index contributed by atoms with van der Waals surface area (Å²) in [5, 5.41) is 0. The zero-order chi connectivity index (χ0) is 20.3. The molecule has 2 aliphatic rings. The van der Waals surface area contributed by atoms with Gasteiger partial charge in [0.25, 0.3) is 0 Å². The molecule has 1 aromatic carbocycles. The van der Waals surface area contributed by atoms with Gasteiger partial charge in [-0.1, -0.05) is 30.3 Å². The summed E-state index contributed by atoms with van der Waals surface area (Å²) in [7, 11) is 0. The first-order valence-corrected chi connectivity index (χ1v) is 9.24. The minimum Gasteiger partial charge on any atom is -0.338 e. The molecular formula is C19H22F3N3O3. The van der Waals surface area contributed by atoms with Crippen LogP contribution in [0.25, 0.3) is 0 Å². The van der Waals surface area contributed by atoms with Gasteiger partial charge < -0.3 is 9.80 Å². The zero-order valence-electron chi connectivity index (χ0n) is 15.3. The van der Waals surface area contributed by atoms with Crippen LogP contribution >= 0.6 is 0 Å².